The van der Waals surface area contributed by atoms with Crippen molar-refractivity contribution in [2.75, 3.05) is 56.4 Å². The number of hydroxylamine groups is 6. The minimum absolute atomic E-state index is 0.158. The van der Waals surface area contributed by atoms with Crippen molar-refractivity contribution in [1.82, 2.24) is 20.3 Å². The van der Waals surface area contributed by atoms with Gasteiger partial charge in [0.2, 0.25) is 5.96 Å². The van der Waals surface area contributed by atoms with E-state index in [0.29, 0.717) is 0 Å². The lowest BCUT2D eigenvalue weighted by molar-refractivity contribution is -0.571. The molecule has 0 radical (unpaired) electrons. The van der Waals surface area contributed by atoms with Gasteiger partial charge in [0.1, 0.15) is 6.73 Å². The molecule has 1 rings (SSSR count). The van der Waals surface area contributed by atoms with Crippen LogP contribution in [0.3, 0.4) is 0 Å². The van der Waals surface area contributed by atoms with E-state index in [9.17, 15) is 5.11 Å². The Morgan fingerprint density at radius 1 is 1.08 bits per heavy atom. The number of guanidine groups is 1. The van der Waals surface area contributed by atoms with Gasteiger partial charge >= 0.3 is 11.9 Å². The van der Waals surface area contributed by atoms with Gasteiger partial charge in [0.15, 0.2) is 0 Å². The fourth-order valence-electron chi connectivity index (χ4n) is 2.47. The Bertz CT molecular complexity index is 439. The van der Waals surface area contributed by atoms with Crippen molar-refractivity contribution in [3.8, 4) is 0 Å². The molecule has 1 aliphatic rings. The molecule has 13 nitrogen and oxygen atoms in total. The third-order valence-electron chi connectivity index (χ3n) is 3.45. The quantitative estimate of drug-likeness (QED) is 0.346. The summed E-state index contributed by atoms with van der Waals surface area (Å²) in [5.74, 6) is -3.75. The molecule has 0 amide bonds. The first-order valence-corrected chi connectivity index (χ1v) is 6.75. The van der Waals surface area contributed by atoms with E-state index in [-0.39, 0.29) is 5.96 Å². The number of hydrogen-bond acceptors (Lipinski definition) is 13. The van der Waals surface area contributed by atoms with E-state index in [1.54, 1.807) is 0 Å². The van der Waals surface area contributed by atoms with E-state index in [2.05, 4.69) is 4.99 Å². The summed E-state index contributed by atoms with van der Waals surface area (Å²) in [6, 6.07) is 0. The summed E-state index contributed by atoms with van der Waals surface area (Å²) < 4.78 is 11.1. The molecule has 24 heavy (non-hydrogen) atoms. The molecule has 0 aromatic rings. The van der Waals surface area contributed by atoms with Gasteiger partial charge in [0.05, 0.1) is 28.4 Å². The zero-order valence-electron chi connectivity index (χ0n) is 14.9. The molecule has 1 aliphatic heterocycles. The minimum Gasteiger partial charge on any atom is -0.381 e. The second-order valence-corrected chi connectivity index (χ2v) is 4.44. The van der Waals surface area contributed by atoms with E-state index in [1.807, 2.05) is 0 Å². The summed E-state index contributed by atoms with van der Waals surface area (Å²) in [5.41, 5.74) is 6.01. The summed E-state index contributed by atoms with van der Waals surface area (Å²) in [7, 11) is 9.56. The van der Waals surface area contributed by atoms with Crippen LogP contribution in [0.15, 0.2) is 4.99 Å². The lowest BCUT2D eigenvalue weighted by Crippen LogP contribution is -2.81. The summed E-state index contributed by atoms with van der Waals surface area (Å²) >= 11 is 0. The molecular formula is C11H26N6O7. The second kappa shape index (κ2) is 8.30. The number of nitrogens with two attached hydrogens (primary N) is 1. The number of aliphatic hydroxyl groups excluding tert-OH is 1. The lowest BCUT2D eigenvalue weighted by Gasteiger charge is -2.57. The molecule has 0 spiro atoms. The van der Waals surface area contributed by atoms with Crippen molar-refractivity contribution in [2.45, 2.75) is 11.9 Å². The highest BCUT2D eigenvalue weighted by molar-refractivity contribution is 5.78. The van der Waals surface area contributed by atoms with Crippen molar-refractivity contribution in [3.05, 3.63) is 0 Å². The first kappa shape index (κ1) is 20.9. The average Bonchev–Trinajstić information content (AvgIpc) is 2.60. The van der Waals surface area contributed by atoms with Crippen LogP contribution in [0.1, 0.15) is 0 Å². The Morgan fingerprint density at radius 2 is 1.67 bits per heavy atom. The summed E-state index contributed by atoms with van der Waals surface area (Å²) in [6.07, 6.45) is 0. The van der Waals surface area contributed by atoms with E-state index in [0.717, 1.165) is 15.4 Å². The van der Waals surface area contributed by atoms with E-state index in [1.165, 1.54) is 54.6 Å². The number of aliphatic imine (C=N–C) groups is 1. The molecule has 0 fully saturated rings. The van der Waals surface area contributed by atoms with Crippen LogP contribution >= 0.6 is 0 Å². The lowest BCUT2D eigenvalue weighted by atomic mass is 10.4. The average molecular weight is 354 g/mol. The fraction of sp³-hybridized carbons (Fsp3) is 0.909. The largest absolute Gasteiger partial charge is 0.381 e. The van der Waals surface area contributed by atoms with Gasteiger partial charge in [-0.25, -0.2) is 4.90 Å². The Morgan fingerprint density at radius 3 is 2.00 bits per heavy atom. The van der Waals surface area contributed by atoms with Crippen LogP contribution in [0.25, 0.3) is 0 Å². The summed E-state index contributed by atoms with van der Waals surface area (Å²) in [5, 5.41) is 12.7. The third-order valence-corrected chi connectivity index (χ3v) is 3.45. The van der Waals surface area contributed by atoms with Crippen LogP contribution in [0.4, 0.5) is 0 Å². The number of aliphatic hydroxyl groups is 1. The fourth-order valence-corrected chi connectivity index (χ4v) is 2.47. The zero-order chi connectivity index (χ0) is 18.5. The van der Waals surface area contributed by atoms with E-state index >= 15 is 0 Å². The van der Waals surface area contributed by atoms with Crippen molar-refractivity contribution in [2.24, 2.45) is 10.7 Å². The Hall–Kier alpha value is -1.13. The predicted octanol–water partition coefficient (Wildman–Crippen LogP) is -2.14. The number of methoxy groups -OCH3 is 2. The highest BCUT2D eigenvalue weighted by atomic mass is 17.0. The predicted molar refractivity (Wildman–Crippen MR) is 79.5 cm³/mol. The van der Waals surface area contributed by atoms with Gasteiger partial charge in [0.25, 0.3) is 0 Å². The molecule has 3 N–H and O–H groups in total. The van der Waals surface area contributed by atoms with Crippen LogP contribution in [-0.4, -0.2) is 99.7 Å². The van der Waals surface area contributed by atoms with Crippen LogP contribution in [-0.2, 0) is 28.8 Å². The van der Waals surface area contributed by atoms with Crippen molar-refractivity contribution in [1.29, 1.82) is 0 Å². The Labute approximate surface area is 140 Å². The molecule has 0 aromatic heterocycles. The summed E-state index contributed by atoms with van der Waals surface area (Å²) in [4.78, 5) is 26.5. The van der Waals surface area contributed by atoms with E-state index < -0.39 is 18.7 Å². The van der Waals surface area contributed by atoms with Gasteiger partial charge in [-0.1, -0.05) is 5.06 Å². The van der Waals surface area contributed by atoms with Crippen LogP contribution in [0.5, 0.6) is 0 Å². The third kappa shape index (κ3) is 2.84. The highest BCUT2D eigenvalue weighted by Crippen LogP contribution is 2.39. The normalized spacial score (nSPS) is 28.8. The molecule has 13 heteroatoms. The standard InChI is InChI=1S/C11H26N6O7/c1-14(8-18)11(20-3)15(21-4)9(12)13-10(19-2,16(11)22-5)17(23-6)24-7/h18H,8H2,1-7H3,(H2,12,13). The maximum Gasteiger partial charge on any atom is 0.360 e. The summed E-state index contributed by atoms with van der Waals surface area (Å²) in [6.45, 7) is -0.458. The van der Waals surface area contributed by atoms with Crippen LogP contribution < -0.4 is 5.73 Å². The molecule has 0 saturated carbocycles. The first-order chi connectivity index (χ1) is 11.4. The van der Waals surface area contributed by atoms with Gasteiger partial charge < -0.3 is 20.3 Å². The van der Waals surface area contributed by atoms with Gasteiger partial charge in [0, 0.05) is 19.4 Å². The molecule has 1 heterocycles. The molecular weight excluding hydrogens is 328 g/mol. The maximum absolute atomic E-state index is 9.68. The first-order valence-electron chi connectivity index (χ1n) is 6.75. The topological polar surface area (TPSA) is 127 Å². The number of rotatable bonds is 9. The second-order valence-electron chi connectivity index (χ2n) is 4.44. The van der Waals surface area contributed by atoms with Crippen molar-refractivity contribution >= 4 is 5.96 Å². The smallest absolute Gasteiger partial charge is 0.360 e. The van der Waals surface area contributed by atoms with Gasteiger partial charge in [-0.2, -0.15) is 10.1 Å². The molecule has 0 saturated heterocycles. The van der Waals surface area contributed by atoms with Crippen LogP contribution in [0, 0.1) is 0 Å². The molecule has 0 aliphatic carbocycles. The number of hydrogen-bond donors (Lipinski definition) is 2. The number of nitrogens with zero attached hydrogens (tertiary/aromatic N) is 5. The molecule has 142 valence electrons. The Kier molecular flexibility index (Phi) is 7.24. The zero-order valence-corrected chi connectivity index (χ0v) is 14.9. The molecule has 0 aromatic carbocycles. The van der Waals surface area contributed by atoms with Gasteiger partial charge in [-0.05, 0) is 7.05 Å². The van der Waals surface area contributed by atoms with Crippen LogP contribution in [0.2, 0.25) is 0 Å². The van der Waals surface area contributed by atoms with Crippen molar-refractivity contribution < 1.29 is 33.9 Å². The number of ether oxygens (including phenoxy) is 2. The molecule has 2 unspecified atom stereocenters. The monoisotopic (exact) mass is 354 g/mol. The Balaban J connectivity index is 3.72. The maximum atomic E-state index is 9.68. The van der Waals surface area contributed by atoms with E-state index in [4.69, 9.17) is 34.6 Å². The van der Waals surface area contributed by atoms with Gasteiger partial charge in [-0.15, -0.1) is 0 Å². The SMILES string of the molecule is CON(OC)C1(OC)N=C(N)N(OC)C(OC)(N(C)CO)N1OC. The minimum atomic E-state index is -1.86. The van der Waals surface area contributed by atoms with Gasteiger partial charge in [-0.3, -0.25) is 19.4 Å². The highest BCUT2D eigenvalue weighted by Gasteiger charge is 2.66. The van der Waals surface area contributed by atoms with Crippen molar-refractivity contribution in [3.63, 3.8) is 0 Å². The molecule has 2 atom stereocenters. The molecule has 0 bridgehead atoms.